The summed E-state index contributed by atoms with van der Waals surface area (Å²) in [6.07, 6.45) is -4.72. The highest BCUT2D eigenvalue weighted by Crippen LogP contribution is 2.27. The van der Waals surface area contributed by atoms with Gasteiger partial charge in [0.15, 0.2) is 6.29 Å². The number of aliphatic hydroxyl groups is 2. The maximum Gasteiger partial charge on any atom is 0.184 e. The Morgan fingerprint density at radius 3 is 1.58 bits per heavy atom. The van der Waals surface area contributed by atoms with Gasteiger partial charge in [-0.15, -0.1) is 0 Å². The molecule has 174 valence electrons. The Balaban J connectivity index is 1.41. The highest BCUT2D eigenvalue weighted by molar-refractivity contribution is 5.15. The summed E-state index contributed by atoms with van der Waals surface area (Å²) in [5.74, 6) is 0. The first-order valence-electron chi connectivity index (χ1n) is 11.1. The van der Waals surface area contributed by atoms with Crippen molar-refractivity contribution in [3.8, 4) is 0 Å². The normalized spacial score (nSPS) is 25.1. The first kappa shape index (κ1) is 23.6. The zero-order valence-electron chi connectivity index (χ0n) is 18.4. The van der Waals surface area contributed by atoms with Crippen LogP contribution in [-0.2, 0) is 38.8 Å². The highest BCUT2D eigenvalue weighted by atomic mass is 16.7. The molecule has 3 unspecified atom stereocenters. The van der Waals surface area contributed by atoms with Crippen molar-refractivity contribution in [3.63, 3.8) is 0 Å². The van der Waals surface area contributed by atoms with E-state index in [0.717, 1.165) is 16.7 Å². The predicted molar refractivity (Wildman–Crippen MR) is 123 cm³/mol. The van der Waals surface area contributed by atoms with Gasteiger partial charge in [-0.1, -0.05) is 91.0 Å². The Labute approximate surface area is 194 Å². The molecule has 0 spiro atoms. The van der Waals surface area contributed by atoms with Gasteiger partial charge in [-0.2, -0.15) is 0 Å². The fraction of sp³-hybridized carbons (Fsp3) is 0.333. The number of benzene rings is 3. The van der Waals surface area contributed by atoms with E-state index >= 15 is 0 Å². The van der Waals surface area contributed by atoms with Crippen molar-refractivity contribution in [3.05, 3.63) is 108 Å². The smallest absolute Gasteiger partial charge is 0.184 e. The monoisotopic (exact) mass is 450 g/mol. The molecule has 0 radical (unpaired) electrons. The second-order valence-corrected chi connectivity index (χ2v) is 8.08. The number of rotatable bonds is 10. The van der Waals surface area contributed by atoms with Crippen LogP contribution in [0.15, 0.2) is 91.0 Å². The van der Waals surface area contributed by atoms with Crippen LogP contribution in [0.2, 0.25) is 0 Å². The first-order valence-corrected chi connectivity index (χ1v) is 11.1. The van der Waals surface area contributed by atoms with Crippen LogP contribution in [0.3, 0.4) is 0 Å². The molecule has 33 heavy (non-hydrogen) atoms. The van der Waals surface area contributed by atoms with E-state index in [9.17, 15) is 10.2 Å². The van der Waals surface area contributed by atoms with Crippen LogP contribution in [0.4, 0.5) is 0 Å². The van der Waals surface area contributed by atoms with Crippen LogP contribution in [0.1, 0.15) is 16.7 Å². The molecule has 5 atom stereocenters. The minimum atomic E-state index is -1.30. The van der Waals surface area contributed by atoms with E-state index in [1.54, 1.807) is 0 Å². The maximum atomic E-state index is 11.1. The molecule has 1 saturated heterocycles. The van der Waals surface area contributed by atoms with Crippen LogP contribution in [0, 0.1) is 0 Å². The lowest BCUT2D eigenvalue weighted by atomic mass is 9.98. The molecule has 4 rings (SSSR count). The minimum absolute atomic E-state index is 0.161. The Morgan fingerprint density at radius 1 is 0.606 bits per heavy atom. The molecule has 1 heterocycles. The van der Waals surface area contributed by atoms with Crippen LogP contribution in [0.25, 0.3) is 0 Å². The van der Waals surface area contributed by atoms with Gasteiger partial charge in [0, 0.05) is 0 Å². The van der Waals surface area contributed by atoms with Crippen LogP contribution in [0.5, 0.6) is 0 Å². The Hall–Kier alpha value is -2.58. The maximum absolute atomic E-state index is 11.1. The third-order valence-corrected chi connectivity index (χ3v) is 5.60. The lowest BCUT2D eigenvalue weighted by Gasteiger charge is -2.42. The molecule has 0 amide bonds. The molecule has 6 heteroatoms. The van der Waals surface area contributed by atoms with Gasteiger partial charge < -0.3 is 29.2 Å². The third-order valence-electron chi connectivity index (χ3n) is 5.60. The van der Waals surface area contributed by atoms with E-state index in [0.29, 0.717) is 13.2 Å². The van der Waals surface area contributed by atoms with E-state index in [1.165, 1.54) is 0 Å². The van der Waals surface area contributed by atoms with Crippen molar-refractivity contribution in [1.82, 2.24) is 0 Å². The van der Waals surface area contributed by atoms with Crippen molar-refractivity contribution in [2.75, 3.05) is 6.61 Å². The SMILES string of the molecule is OC1C(OCc2ccccc2)[C@H](O)OC(COCc2ccccc2)[C@@H]1OCc1ccccc1. The summed E-state index contributed by atoms with van der Waals surface area (Å²) in [7, 11) is 0. The Kier molecular flexibility index (Phi) is 8.60. The van der Waals surface area contributed by atoms with Gasteiger partial charge in [0.25, 0.3) is 0 Å². The summed E-state index contributed by atoms with van der Waals surface area (Å²) in [6.45, 7) is 1.09. The van der Waals surface area contributed by atoms with Gasteiger partial charge in [-0.3, -0.25) is 0 Å². The lowest BCUT2D eigenvalue weighted by Crippen LogP contribution is -2.60. The number of aliphatic hydroxyl groups excluding tert-OH is 2. The van der Waals surface area contributed by atoms with E-state index in [4.69, 9.17) is 18.9 Å². The van der Waals surface area contributed by atoms with Crippen LogP contribution >= 0.6 is 0 Å². The molecular weight excluding hydrogens is 420 g/mol. The molecule has 3 aromatic carbocycles. The lowest BCUT2D eigenvalue weighted by molar-refractivity contribution is -0.308. The molecule has 0 saturated carbocycles. The summed E-state index contributed by atoms with van der Waals surface area (Å²) in [6, 6.07) is 29.1. The summed E-state index contributed by atoms with van der Waals surface area (Å²) in [5.41, 5.74) is 2.94. The second-order valence-electron chi connectivity index (χ2n) is 8.08. The average molecular weight is 451 g/mol. The number of ether oxygens (including phenoxy) is 4. The van der Waals surface area contributed by atoms with Gasteiger partial charge >= 0.3 is 0 Å². The zero-order valence-corrected chi connectivity index (χ0v) is 18.4. The minimum Gasteiger partial charge on any atom is -0.387 e. The molecule has 1 aliphatic rings. The van der Waals surface area contributed by atoms with Gasteiger partial charge in [0.1, 0.15) is 24.4 Å². The van der Waals surface area contributed by atoms with Crippen LogP contribution in [-0.4, -0.2) is 47.5 Å². The van der Waals surface area contributed by atoms with Crippen molar-refractivity contribution >= 4 is 0 Å². The van der Waals surface area contributed by atoms with Crippen LogP contribution < -0.4 is 0 Å². The first-order chi connectivity index (χ1) is 16.2. The fourth-order valence-electron chi connectivity index (χ4n) is 3.83. The van der Waals surface area contributed by atoms with Gasteiger partial charge in [-0.25, -0.2) is 0 Å². The van der Waals surface area contributed by atoms with Crippen molar-refractivity contribution in [2.45, 2.75) is 50.5 Å². The summed E-state index contributed by atoms with van der Waals surface area (Å²) < 4.78 is 23.6. The Bertz CT molecular complexity index is 935. The number of hydrogen-bond donors (Lipinski definition) is 2. The Morgan fingerprint density at radius 2 is 1.06 bits per heavy atom. The van der Waals surface area contributed by atoms with Crippen molar-refractivity contribution in [2.24, 2.45) is 0 Å². The molecule has 6 nitrogen and oxygen atoms in total. The summed E-state index contributed by atoms with van der Waals surface area (Å²) >= 11 is 0. The zero-order chi connectivity index (χ0) is 22.9. The topological polar surface area (TPSA) is 77.4 Å². The average Bonchev–Trinajstić information content (AvgIpc) is 2.85. The number of hydrogen-bond acceptors (Lipinski definition) is 6. The molecule has 1 fully saturated rings. The van der Waals surface area contributed by atoms with Crippen molar-refractivity contribution < 1.29 is 29.2 Å². The van der Waals surface area contributed by atoms with E-state index in [2.05, 4.69) is 0 Å². The molecule has 2 N–H and O–H groups in total. The standard InChI is InChI=1S/C27H30O6/c28-24-25(31-17-21-12-6-2-7-13-21)23(19-30-16-20-10-4-1-5-11-20)33-27(29)26(24)32-18-22-14-8-3-9-15-22/h1-15,23-29H,16-19H2/t23?,24?,25-,26?,27+/m0/s1. The summed E-state index contributed by atoms with van der Waals surface area (Å²) in [5, 5.41) is 21.7. The second kappa shape index (κ2) is 12.0. The van der Waals surface area contributed by atoms with Crippen molar-refractivity contribution in [1.29, 1.82) is 0 Å². The van der Waals surface area contributed by atoms with E-state index in [-0.39, 0.29) is 13.2 Å². The molecule has 0 aromatic heterocycles. The third kappa shape index (κ3) is 6.71. The predicted octanol–water partition coefficient (Wildman–Crippen LogP) is 3.45. The molecule has 3 aromatic rings. The van der Waals surface area contributed by atoms with E-state index < -0.39 is 30.7 Å². The summed E-state index contributed by atoms with van der Waals surface area (Å²) in [4.78, 5) is 0. The largest absolute Gasteiger partial charge is 0.387 e. The molecular formula is C27H30O6. The van der Waals surface area contributed by atoms with Gasteiger partial charge in [0.05, 0.1) is 26.4 Å². The van der Waals surface area contributed by atoms with E-state index in [1.807, 2.05) is 91.0 Å². The quantitative estimate of drug-likeness (QED) is 0.493. The van der Waals surface area contributed by atoms with Gasteiger partial charge in [0.2, 0.25) is 0 Å². The van der Waals surface area contributed by atoms with Gasteiger partial charge in [-0.05, 0) is 16.7 Å². The molecule has 0 bridgehead atoms. The fourth-order valence-corrected chi connectivity index (χ4v) is 3.83. The highest BCUT2D eigenvalue weighted by Gasteiger charge is 2.46. The molecule has 0 aliphatic carbocycles. The molecule has 1 aliphatic heterocycles.